The second-order valence-electron chi connectivity index (χ2n) is 6.06. The quantitative estimate of drug-likeness (QED) is 0.756. The molecule has 0 spiro atoms. The first kappa shape index (κ1) is 13.8. The number of carbonyl (C=O) groups is 1. The fourth-order valence-electron chi connectivity index (χ4n) is 3.18. The van der Waals surface area contributed by atoms with Crippen LogP contribution in [0.2, 0.25) is 0 Å². The summed E-state index contributed by atoms with van der Waals surface area (Å²) in [7, 11) is 0. The molecule has 1 N–H and O–H groups in total. The molecule has 2 fully saturated rings. The van der Waals surface area contributed by atoms with Crippen LogP contribution in [0.15, 0.2) is 0 Å². The minimum Gasteiger partial charge on any atom is -0.465 e. The maximum atomic E-state index is 12.3. The second-order valence-corrected chi connectivity index (χ2v) is 6.06. The van der Waals surface area contributed by atoms with Gasteiger partial charge in [-0.25, -0.2) is 4.79 Å². The molecule has 1 saturated carbocycles. The average Bonchev–Trinajstić information content (AvgIpc) is 3.04. The van der Waals surface area contributed by atoms with Crippen molar-refractivity contribution in [3.8, 4) is 0 Å². The van der Waals surface area contributed by atoms with Crippen LogP contribution in [-0.2, 0) is 9.53 Å². The third-order valence-corrected chi connectivity index (χ3v) is 3.91. The third-order valence-electron chi connectivity index (χ3n) is 3.91. The van der Waals surface area contributed by atoms with Crippen LogP contribution in [0, 0.1) is 0 Å². The molecule has 1 aliphatic carbocycles. The molecule has 2 unspecified atom stereocenters. The molecule has 2 aliphatic rings. The van der Waals surface area contributed by atoms with Crippen LogP contribution < -0.4 is 5.32 Å². The van der Waals surface area contributed by atoms with Crippen LogP contribution in [0.25, 0.3) is 0 Å². The van der Waals surface area contributed by atoms with E-state index in [4.69, 9.17) is 4.74 Å². The normalized spacial score (nSPS) is 33.1. The number of rotatable bonds is 5. The number of likely N-dealkylation sites (tertiary alicyclic amines) is 1. The molecule has 2 rings (SSSR count). The predicted octanol–water partition coefficient (Wildman–Crippen LogP) is 1.54. The maximum absolute atomic E-state index is 12.3. The Morgan fingerprint density at radius 1 is 1.50 bits per heavy atom. The van der Waals surface area contributed by atoms with Gasteiger partial charge in [-0.15, -0.1) is 0 Å². The van der Waals surface area contributed by atoms with E-state index >= 15 is 0 Å². The van der Waals surface area contributed by atoms with E-state index < -0.39 is 5.54 Å². The van der Waals surface area contributed by atoms with Gasteiger partial charge in [-0.05, 0) is 47.0 Å². The molecular formula is C14H26N2O2. The molecular weight excluding hydrogens is 228 g/mol. The Labute approximate surface area is 110 Å². The SMILES string of the molecule is CCOC(=O)C1(NC(C)C)CC(C)N(C2CC2)C1. The molecule has 0 amide bonds. The maximum Gasteiger partial charge on any atom is 0.327 e. The monoisotopic (exact) mass is 254 g/mol. The third kappa shape index (κ3) is 2.69. The first-order valence-corrected chi connectivity index (χ1v) is 7.19. The fraction of sp³-hybridized carbons (Fsp3) is 0.929. The van der Waals surface area contributed by atoms with Gasteiger partial charge in [-0.3, -0.25) is 10.2 Å². The molecule has 0 bridgehead atoms. The van der Waals surface area contributed by atoms with Gasteiger partial charge in [-0.2, -0.15) is 0 Å². The lowest BCUT2D eigenvalue weighted by Crippen LogP contribution is -2.57. The summed E-state index contributed by atoms with van der Waals surface area (Å²) in [6.45, 7) is 9.53. The molecule has 1 heterocycles. The van der Waals surface area contributed by atoms with E-state index in [0.717, 1.165) is 13.0 Å². The van der Waals surface area contributed by atoms with E-state index in [1.54, 1.807) is 0 Å². The van der Waals surface area contributed by atoms with Crippen LogP contribution in [0.5, 0.6) is 0 Å². The molecule has 0 aromatic carbocycles. The summed E-state index contributed by atoms with van der Waals surface area (Å²) in [4.78, 5) is 14.8. The highest BCUT2D eigenvalue weighted by Crippen LogP contribution is 2.38. The van der Waals surface area contributed by atoms with E-state index in [2.05, 4.69) is 31.0 Å². The number of ether oxygens (including phenoxy) is 1. The Morgan fingerprint density at radius 2 is 2.17 bits per heavy atom. The molecule has 0 aromatic rings. The van der Waals surface area contributed by atoms with Gasteiger partial charge in [0.05, 0.1) is 6.61 Å². The lowest BCUT2D eigenvalue weighted by molar-refractivity contribution is -0.151. The van der Waals surface area contributed by atoms with E-state index in [1.165, 1.54) is 12.8 Å². The molecule has 1 saturated heterocycles. The Morgan fingerprint density at radius 3 is 2.67 bits per heavy atom. The smallest absolute Gasteiger partial charge is 0.327 e. The number of nitrogens with one attached hydrogen (secondary N) is 1. The van der Waals surface area contributed by atoms with Gasteiger partial charge in [0.15, 0.2) is 0 Å². The number of esters is 1. The molecule has 1 aliphatic heterocycles. The van der Waals surface area contributed by atoms with Crippen molar-refractivity contribution in [2.24, 2.45) is 0 Å². The zero-order valence-electron chi connectivity index (χ0n) is 12.0. The van der Waals surface area contributed by atoms with Crippen molar-refractivity contribution in [2.75, 3.05) is 13.2 Å². The number of hydrogen-bond donors (Lipinski definition) is 1. The second kappa shape index (κ2) is 5.17. The summed E-state index contributed by atoms with van der Waals surface area (Å²) >= 11 is 0. The zero-order chi connectivity index (χ0) is 13.3. The molecule has 2 atom stereocenters. The molecule has 0 radical (unpaired) electrons. The molecule has 4 nitrogen and oxygen atoms in total. The Kier molecular flexibility index (Phi) is 3.97. The predicted molar refractivity (Wildman–Crippen MR) is 71.4 cm³/mol. The highest BCUT2D eigenvalue weighted by atomic mass is 16.5. The van der Waals surface area contributed by atoms with E-state index in [0.29, 0.717) is 24.7 Å². The van der Waals surface area contributed by atoms with Crippen molar-refractivity contribution in [1.82, 2.24) is 10.2 Å². The van der Waals surface area contributed by atoms with Crippen LogP contribution in [0.4, 0.5) is 0 Å². The summed E-state index contributed by atoms with van der Waals surface area (Å²) in [5.74, 6) is -0.0753. The topological polar surface area (TPSA) is 41.6 Å². The molecule has 104 valence electrons. The van der Waals surface area contributed by atoms with Gasteiger partial charge in [-0.1, -0.05) is 0 Å². The minimum atomic E-state index is -0.494. The summed E-state index contributed by atoms with van der Waals surface area (Å²) in [5.41, 5.74) is -0.494. The van der Waals surface area contributed by atoms with E-state index in [9.17, 15) is 4.79 Å². The van der Waals surface area contributed by atoms with Gasteiger partial charge in [0.2, 0.25) is 0 Å². The Balaban J connectivity index is 2.12. The average molecular weight is 254 g/mol. The lowest BCUT2D eigenvalue weighted by Gasteiger charge is -2.30. The Hall–Kier alpha value is -0.610. The Bertz CT molecular complexity index is 315. The van der Waals surface area contributed by atoms with Gasteiger partial charge in [0, 0.05) is 24.7 Å². The first-order chi connectivity index (χ1) is 8.48. The minimum absolute atomic E-state index is 0.0753. The number of hydrogen-bond acceptors (Lipinski definition) is 4. The fourth-order valence-corrected chi connectivity index (χ4v) is 3.18. The van der Waals surface area contributed by atoms with E-state index in [-0.39, 0.29) is 5.97 Å². The zero-order valence-corrected chi connectivity index (χ0v) is 12.0. The van der Waals surface area contributed by atoms with Crippen LogP contribution >= 0.6 is 0 Å². The molecule has 18 heavy (non-hydrogen) atoms. The first-order valence-electron chi connectivity index (χ1n) is 7.19. The van der Waals surface area contributed by atoms with Crippen molar-refractivity contribution >= 4 is 5.97 Å². The molecule has 4 heteroatoms. The van der Waals surface area contributed by atoms with Crippen molar-refractivity contribution in [3.63, 3.8) is 0 Å². The van der Waals surface area contributed by atoms with Crippen molar-refractivity contribution in [1.29, 1.82) is 0 Å². The van der Waals surface area contributed by atoms with Crippen molar-refractivity contribution in [3.05, 3.63) is 0 Å². The standard InChI is InChI=1S/C14H26N2O2/c1-5-18-13(17)14(15-10(2)3)8-11(4)16(9-14)12-6-7-12/h10-12,15H,5-9H2,1-4H3. The van der Waals surface area contributed by atoms with Gasteiger partial charge >= 0.3 is 5.97 Å². The number of nitrogens with zero attached hydrogens (tertiary/aromatic N) is 1. The lowest BCUT2D eigenvalue weighted by atomic mass is 9.95. The van der Waals surface area contributed by atoms with Gasteiger partial charge in [0.1, 0.15) is 5.54 Å². The van der Waals surface area contributed by atoms with Crippen LogP contribution in [0.3, 0.4) is 0 Å². The summed E-state index contributed by atoms with van der Waals surface area (Å²) in [6, 6.07) is 1.46. The highest BCUT2D eigenvalue weighted by molar-refractivity contribution is 5.82. The van der Waals surface area contributed by atoms with Crippen LogP contribution in [-0.4, -0.2) is 47.7 Å². The summed E-state index contributed by atoms with van der Waals surface area (Å²) in [5, 5.41) is 3.47. The highest BCUT2D eigenvalue weighted by Gasteiger charge is 2.52. The van der Waals surface area contributed by atoms with Crippen LogP contribution in [0.1, 0.15) is 47.0 Å². The largest absolute Gasteiger partial charge is 0.465 e. The van der Waals surface area contributed by atoms with Gasteiger partial charge in [0.25, 0.3) is 0 Å². The van der Waals surface area contributed by atoms with E-state index in [1.807, 2.05) is 6.92 Å². The molecule has 0 aromatic heterocycles. The van der Waals surface area contributed by atoms with Gasteiger partial charge < -0.3 is 4.74 Å². The summed E-state index contributed by atoms with van der Waals surface area (Å²) < 4.78 is 5.30. The van der Waals surface area contributed by atoms with Crippen molar-refractivity contribution in [2.45, 2.75) is 70.6 Å². The van der Waals surface area contributed by atoms with Crippen molar-refractivity contribution < 1.29 is 9.53 Å². The number of carbonyl (C=O) groups excluding carboxylic acids is 1. The summed E-state index contributed by atoms with van der Waals surface area (Å²) in [6.07, 6.45) is 3.43.